The summed E-state index contributed by atoms with van der Waals surface area (Å²) in [6.45, 7) is 1.54. The number of likely N-dealkylation sites (tertiary alicyclic amines) is 1. The van der Waals surface area contributed by atoms with Gasteiger partial charge < -0.3 is 14.1 Å². The average molecular weight is 275 g/mol. The summed E-state index contributed by atoms with van der Waals surface area (Å²) < 4.78 is 23.5. The van der Waals surface area contributed by atoms with Gasteiger partial charge in [-0.3, -0.25) is 4.79 Å². The number of furan rings is 1. The van der Waals surface area contributed by atoms with Crippen molar-refractivity contribution in [2.75, 3.05) is 13.1 Å². The van der Waals surface area contributed by atoms with Gasteiger partial charge in [0.25, 0.3) is 5.91 Å². The van der Waals surface area contributed by atoms with Crippen molar-refractivity contribution >= 4 is 5.91 Å². The molecular formula is C15H14FNO3. The smallest absolute Gasteiger partial charge is 0.289 e. The van der Waals surface area contributed by atoms with Crippen molar-refractivity contribution in [1.29, 1.82) is 0 Å². The number of halogens is 1. The van der Waals surface area contributed by atoms with Gasteiger partial charge in [-0.05, 0) is 29.8 Å². The maximum atomic E-state index is 12.7. The van der Waals surface area contributed by atoms with Crippen LogP contribution in [0.3, 0.4) is 0 Å². The molecule has 0 aliphatic carbocycles. The lowest BCUT2D eigenvalue weighted by atomic mass is 10.1. The number of carbonyl (C=O) groups excluding carboxylic acids is 1. The number of rotatable bonds is 4. The standard InChI is InChI=1S/C15H14FNO3/c16-12-5-3-11(4-6-12)10-20-13-8-17(9-13)15(18)14-2-1-7-19-14/h1-7,13H,8-10H2. The van der Waals surface area contributed by atoms with Crippen molar-refractivity contribution in [3.8, 4) is 0 Å². The Bertz CT molecular complexity index is 574. The molecule has 0 spiro atoms. The third-order valence-corrected chi connectivity index (χ3v) is 3.27. The molecule has 1 aromatic heterocycles. The van der Waals surface area contributed by atoms with Crippen molar-refractivity contribution in [2.45, 2.75) is 12.7 Å². The van der Waals surface area contributed by atoms with Crippen LogP contribution in [-0.4, -0.2) is 30.0 Å². The van der Waals surface area contributed by atoms with E-state index in [4.69, 9.17) is 9.15 Å². The normalized spacial score (nSPS) is 15.2. The van der Waals surface area contributed by atoms with Crippen molar-refractivity contribution in [2.24, 2.45) is 0 Å². The highest BCUT2D eigenvalue weighted by Gasteiger charge is 2.32. The minimum Gasteiger partial charge on any atom is -0.459 e. The van der Waals surface area contributed by atoms with Crippen LogP contribution in [0.2, 0.25) is 0 Å². The van der Waals surface area contributed by atoms with Gasteiger partial charge in [0, 0.05) is 13.1 Å². The SMILES string of the molecule is O=C(c1ccco1)N1CC(OCc2ccc(F)cc2)C1. The largest absolute Gasteiger partial charge is 0.459 e. The predicted molar refractivity (Wildman–Crippen MR) is 69.6 cm³/mol. The zero-order valence-corrected chi connectivity index (χ0v) is 10.8. The molecule has 1 aromatic carbocycles. The average Bonchev–Trinajstić information content (AvgIpc) is 2.92. The Morgan fingerprint density at radius 2 is 2.05 bits per heavy atom. The summed E-state index contributed by atoms with van der Waals surface area (Å²) >= 11 is 0. The van der Waals surface area contributed by atoms with Crippen molar-refractivity contribution in [1.82, 2.24) is 4.90 Å². The zero-order valence-electron chi connectivity index (χ0n) is 10.8. The number of carbonyl (C=O) groups is 1. The minimum atomic E-state index is -0.257. The Kier molecular flexibility index (Phi) is 3.52. The van der Waals surface area contributed by atoms with Crippen LogP contribution in [0.4, 0.5) is 4.39 Å². The Labute approximate surface area is 115 Å². The second-order valence-corrected chi connectivity index (χ2v) is 4.75. The Hall–Kier alpha value is -2.14. The second-order valence-electron chi connectivity index (χ2n) is 4.75. The first kappa shape index (κ1) is 12.9. The molecule has 20 heavy (non-hydrogen) atoms. The van der Waals surface area contributed by atoms with Crippen LogP contribution >= 0.6 is 0 Å². The first-order valence-corrected chi connectivity index (χ1v) is 6.41. The first-order chi connectivity index (χ1) is 9.72. The van der Waals surface area contributed by atoms with E-state index in [2.05, 4.69) is 0 Å². The van der Waals surface area contributed by atoms with E-state index in [1.54, 1.807) is 29.2 Å². The molecule has 3 rings (SSSR count). The number of amides is 1. The van der Waals surface area contributed by atoms with Crippen LogP contribution in [0.25, 0.3) is 0 Å². The summed E-state index contributed by atoms with van der Waals surface area (Å²) in [5, 5.41) is 0. The van der Waals surface area contributed by atoms with Gasteiger partial charge in [-0.15, -0.1) is 0 Å². The van der Waals surface area contributed by atoms with Gasteiger partial charge in [-0.25, -0.2) is 4.39 Å². The highest BCUT2D eigenvalue weighted by molar-refractivity contribution is 5.92. The van der Waals surface area contributed by atoms with Gasteiger partial charge in [0.15, 0.2) is 5.76 Å². The molecule has 4 nitrogen and oxygen atoms in total. The third-order valence-electron chi connectivity index (χ3n) is 3.27. The third kappa shape index (κ3) is 2.72. The molecule has 1 amide bonds. The van der Waals surface area contributed by atoms with E-state index in [9.17, 15) is 9.18 Å². The Morgan fingerprint density at radius 3 is 2.70 bits per heavy atom. The van der Waals surface area contributed by atoms with Gasteiger partial charge in [0.2, 0.25) is 0 Å². The number of nitrogens with zero attached hydrogens (tertiary/aromatic N) is 1. The van der Waals surface area contributed by atoms with Gasteiger partial charge in [0.1, 0.15) is 5.82 Å². The lowest BCUT2D eigenvalue weighted by molar-refractivity contribution is -0.0512. The van der Waals surface area contributed by atoms with Crippen LogP contribution in [-0.2, 0) is 11.3 Å². The van der Waals surface area contributed by atoms with E-state index in [-0.39, 0.29) is 17.8 Å². The molecule has 0 bridgehead atoms. The van der Waals surface area contributed by atoms with E-state index in [1.807, 2.05) is 0 Å². The molecule has 1 saturated heterocycles. The Morgan fingerprint density at radius 1 is 1.30 bits per heavy atom. The molecule has 104 valence electrons. The molecule has 0 saturated carbocycles. The van der Waals surface area contributed by atoms with Gasteiger partial charge in [-0.1, -0.05) is 12.1 Å². The van der Waals surface area contributed by atoms with Gasteiger partial charge in [0.05, 0.1) is 19.0 Å². The van der Waals surface area contributed by atoms with Crippen LogP contribution < -0.4 is 0 Å². The molecule has 0 radical (unpaired) electrons. The van der Waals surface area contributed by atoms with E-state index < -0.39 is 0 Å². The summed E-state index contributed by atoms with van der Waals surface area (Å²) in [6, 6.07) is 9.54. The minimum absolute atomic E-state index is 0.0268. The van der Waals surface area contributed by atoms with E-state index >= 15 is 0 Å². The highest BCUT2D eigenvalue weighted by Crippen LogP contribution is 2.17. The van der Waals surface area contributed by atoms with Crippen LogP contribution in [0.15, 0.2) is 47.1 Å². The predicted octanol–water partition coefficient (Wildman–Crippen LogP) is 2.46. The fourth-order valence-corrected chi connectivity index (χ4v) is 2.06. The quantitative estimate of drug-likeness (QED) is 0.860. The first-order valence-electron chi connectivity index (χ1n) is 6.41. The molecule has 0 unspecified atom stereocenters. The topological polar surface area (TPSA) is 42.7 Å². The molecule has 1 fully saturated rings. The molecule has 0 atom stereocenters. The molecular weight excluding hydrogens is 261 g/mol. The molecule has 1 aliphatic rings. The monoisotopic (exact) mass is 275 g/mol. The number of ether oxygens (including phenoxy) is 1. The fourth-order valence-electron chi connectivity index (χ4n) is 2.06. The summed E-state index contributed by atoms with van der Waals surface area (Å²) in [5.74, 6) is -0.0220. The summed E-state index contributed by atoms with van der Waals surface area (Å²) in [5.41, 5.74) is 0.919. The van der Waals surface area contributed by atoms with Crippen molar-refractivity contribution in [3.63, 3.8) is 0 Å². The van der Waals surface area contributed by atoms with Crippen LogP contribution in [0.1, 0.15) is 16.1 Å². The maximum Gasteiger partial charge on any atom is 0.289 e. The van der Waals surface area contributed by atoms with Gasteiger partial charge in [-0.2, -0.15) is 0 Å². The molecule has 0 N–H and O–H groups in total. The summed E-state index contributed by atoms with van der Waals surface area (Å²) in [7, 11) is 0. The van der Waals surface area contributed by atoms with E-state index in [0.717, 1.165) is 5.56 Å². The summed E-state index contributed by atoms with van der Waals surface area (Å²) in [6.07, 6.45) is 1.51. The number of hydrogen-bond acceptors (Lipinski definition) is 3. The van der Waals surface area contributed by atoms with E-state index in [1.165, 1.54) is 18.4 Å². The summed E-state index contributed by atoms with van der Waals surface area (Å²) in [4.78, 5) is 13.6. The van der Waals surface area contributed by atoms with Gasteiger partial charge >= 0.3 is 0 Å². The Balaban J connectivity index is 1.44. The lowest BCUT2D eigenvalue weighted by Crippen LogP contribution is -2.54. The second kappa shape index (κ2) is 5.46. The van der Waals surface area contributed by atoms with Crippen LogP contribution in [0.5, 0.6) is 0 Å². The molecule has 1 aliphatic heterocycles. The zero-order chi connectivity index (χ0) is 13.9. The van der Waals surface area contributed by atoms with Crippen LogP contribution in [0, 0.1) is 5.82 Å². The highest BCUT2D eigenvalue weighted by atomic mass is 19.1. The lowest BCUT2D eigenvalue weighted by Gasteiger charge is -2.38. The number of benzene rings is 1. The fraction of sp³-hybridized carbons (Fsp3) is 0.267. The molecule has 2 heterocycles. The van der Waals surface area contributed by atoms with Crippen molar-refractivity contribution in [3.05, 3.63) is 59.8 Å². The molecule has 2 aromatic rings. The maximum absolute atomic E-state index is 12.7. The number of hydrogen-bond donors (Lipinski definition) is 0. The van der Waals surface area contributed by atoms with Crippen molar-refractivity contribution < 1.29 is 18.3 Å². The van der Waals surface area contributed by atoms with E-state index in [0.29, 0.717) is 25.5 Å². The molecule has 5 heteroatoms.